The Balaban J connectivity index is 0.00000156. The number of nitrogens with zero attached hydrogens (tertiary/aromatic N) is 3. The van der Waals surface area contributed by atoms with E-state index < -0.39 is 0 Å². The highest BCUT2D eigenvalue weighted by atomic mass is 35.5. The first-order chi connectivity index (χ1) is 10.8. The van der Waals surface area contributed by atoms with Crippen molar-refractivity contribution in [2.45, 2.75) is 25.9 Å². The van der Waals surface area contributed by atoms with Crippen molar-refractivity contribution >= 4 is 23.3 Å². The van der Waals surface area contributed by atoms with Crippen molar-refractivity contribution in [3.8, 4) is 0 Å². The van der Waals surface area contributed by atoms with Crippen LogP contribution in [0, 0.1) is 0 Å². The number of hydrogen-bond acceptors (Lipinski definition) is 2. The molecule has 0 atom stereocenters. The molecule has 2 aromatic heterocycles. The van der Waals surface area contributed by atoms with Crippen LogP contribution in [0.4, 0.5) is 0 Å². The third-order valence-corrected chi connectivity index (χ3v) is 4.67. The zero-order valence-electron chi connectivity index (χ0n) is 13.4. The van der Waals surface area contributed by atoms with E-state index in [0.29, 0.717) is 0 Å². The van der Waals surface area contributed by atoms with Gasteiger partial charge in [0.1, 0.15) is 0 Å². The lowest BCUT2D eigenvalue weighted by molar-refractivity contribution is 0.309. The number of aromatic nitrogens is 2. The summed E-state index contributed by atoms with van der Waals surface area (Å²) >= 11 is 0. The van der Waals surface area contributed by atoms with Gasteiger partial charge in [-0.05, 0) is 30.8 Å². The van der Waals surface area contributed by atoms with E-state index in [1.165, 1.54) is 27.9 Å². The van der Waals surface area contributed by atoms with Crippen molar-refractivity contribution in [2.75, 3.05) is 13.6 Å². The fourth-order valence-electron chi connectivity index (χ4n) is 3.56. The van der Waals surface area contributed by atoms with Crippen LogP contribution >= 0.6 is 12.4 Å². The smallest absolute Gasteiger partial charge is 0.0486 e. The molecule has 0 amide bonds. The number of fused-ring (bicyclic) bond motifs is 3. The molecule has 0 saturated heterocycles. The summed E-state index contributed by atoms with van der Waals surface area (Å²) in [5.74, 6) is 0. The van der Waals surface area contributed by atoms with Gasteiger partial charge in [-0.3, -0.25) is 4.98 Å². The average molecular weight is 328 g/mol. The van der Waals surface area contributed by atoms with Crippen LogP contribution in [0.5, 0.6) is 0 Å². The second-order valence-electron chi connectivity index (χ2n) is 6.15. The van der Waals surface area contributed by atoms with E-state index in [4.69, 9.17) is 0 Å². The first-order valence-corrected chi connectivity index (χ1v) is 8.00. The number of benzene rings is 1. The molecular formula is C19H22ClN3. The zero-order chi connectivity index (χ0) is 14.9. The Morgan fingerprint density at radius 2 is 1.91 bits per heavy atom. The average Bonchev–Trinajstić information content (AvgIpc) is 2.87. The molecule has 0 spiro atoms. The van der Waals surface area contributed by atoms with Gasteiger partial charge in [-0.25, -0.2) is 0 Å². The van der Waals surface area contributed by atoms with Crippen molar-refractivity contribution in [2.24, 2.45) is 0 Å². The highest BCUT2D eigenvalue weighted by Gasteiger charge is 2.21. The number of likely N-dealkylation sites (N-methyl/N-ethyl adjacent to an activating group) is 1. The highest BCUT2D eigenvalue weighted by molar-refractivity contribution is 5.86. The summed E-state index contributed by atoms with van der Waals surface area (Å²) in [7, 11) is 2.21. The SMILES string of the molecule is CN1CCc2c(c3ccccc3n2CCc2ccccn2)C1.Cl. The number of pyridine rings is 1. The van der Waals surface area contributed by atoms with E-state index in [1.54, 1.807) is 0 Å². The molecule has 1 aliphatic heterocycles. The van der Waals surface area contributed by atoms with E-state index in [0.717, 1.165) is 32.5 Å². The molecule has 4 rings (SSSR count). The van der Waals surface area contributed by atoms with Gasteiger partial charge in [-0.15, -0.1) is 12.4 Å². The fraction of sp³-hybridized carbons (Fsp3) is 0.316. The van der Waals surface area contributed by atoms with Crippen LogP contribution < -0.4 is 0 Å². The van der Waals surface area contributed by atoms with E-state index in [1.807, 2.05) is 12.3 Å². The molecule has 3 nitrogen and oxygen atoms in total. The maximum atomic E-state index is 4.46. The molecule has 23 heavy (non-hydrogen) atoms. The monoisotopic (exact) mass is 327 g/mol. The molecule has 4 heteroatoms. The Labute approximate surface area is 143 Å². The molecule has 0 fully saturated rings. The minimum Gasteiger partial charge on any atom is -0.344 e. The molecule has 1 aliphatic rings. The molecule has 0 N–H and O–H groups in total. The third kappa shape index (κ3) is 2.99. The Bertz CT molecular complexity index is 795. The lowest BCUT2D eigenvalue weighted by Gasteiger charge is -2.24. The Morgan fingerprint density at radius 1 is 1.09 bits per heavy atom. The van der Waals surface area contributed by atoms with Gasteiger partial charge in [0.2, 0.25) is 0 Å². The van der Waals surface area contributed by atoms with Gasteiger partial charge in [-0.2, -0.15) is 0 Å². The summed E-state index contributed by atoms with van der Waals surface area (Å²) in [6.07, 6.45) is 4.01. The first-order valence-electron chi connectivity index (χ1n) is 8.00. The van der Waals surface area contributed by atoms with Crippen molar-refractivity contribution in [3.05, 3.63) is 65.6 Å². The minimum absolute atomic E-state index is 0. The van der Waals surface area contributed by atoms with Crippen molar-refractivity contribution in [1.29, 1.82) is 0 Å². The maximum Gasteiger partial charge on any atom is 0.0486 e. The predicted octanol–water partition coefficient (Wildman–Crippen LogP) is 3.69. The maximum absolute atomic E-state index is 4.46. The third-order valence-electron chi connectivity index (χ3n) is 4.67. The molecule has 120 valence electrons. The van der Waals surface area contributed by atoms with Gasteiger partial charge < -0.3 is 9.47 Å². The lowest BCUT2D eigenvalue weighted by Crippen LogP contribution is -2.27. The van der Waals surface area contributed by atoms with Crippen LogP contribution in [0.2, 0.25) is 0 Å². The van der Waals surface area contributed by atoms with E-state index in [2.05, 4.69) is 57.9 Å². The molecule has 0 aliphatic carbocycles. The second-order valence-corrected chi connectivity index (χ2v) is 6.15. The largest absolute Gasteiger partial charge is 0.344 e. The molecule has 0 unspecified atom stereocenters. The number of aryl methyl sites for hydroxylation is 2. The fourth-order valence-corrected chi connectivity index (χ4v) is 3.56. The van der Waals surface area contributed by atoms with Crippen LogP contribution in [-0.2, 0) is 25.9 Å². The van der Waals surface area contributed by atoms with E-state index in [9.17, 15) is 0 Å². The lowest BCUT2D eigenvalue weighted by atomic mass is 10.1. The molecule has 0 radical (unpaired) electrons. The van der Waals surface area contributed by atoms with E-state index >= 15 is 0 Å². The van der Waals surface area contributed by atoms with E-state index in [-0.39, 0.29) is 12.4 Å². The Kier molecular flexibility index (Phi) is 4.69. The summed E-state index contributed by atoms with van der Waals surface area (Å²) in [5, 5.41) is 1.42. The summed E-state index contributed by atoms with van der Waals surface area (Å²) in [6, 6.07) is 15.0. The van der Waals surface area contributed by atoms with Gasteiger partial charge in [0.15, 0.2) is 0 Å². The molecule has 0 saturated carbocycles. The summed E-state index contributed by atoms with van der Waals surface area (Å²) in [5.41, 5.74) is 5.58. The van der Waals surface area contributed by atoms with Crippen LogP contribution in [-0.4, -0.2) is 28.0 Å². The van der Waals surface area contributed by atoms with Gasteiger partial charge >= 0.3 is 0 Å². The van der Waals surface area contributed by atoms with Crippen molar-refractivity contribution < 1.29 is 0 Å². The normalized spacial score (nSPS) is 14.5. The van der Waals surface area contributed by atoms with Crippen LogP contribution in [0.1, 0.15) is 17.0 Å². The van der Waals surface area contributed by atoms with Gasteiger partial charge in [-0.1, -0.05) is 24.3 Å². The first kappa shape index (κ1) is 16.0. The Morgan fingerprint density at radius 3 is 2.74 bits per heavy atom. The summed E-state index contributed by atoms with van der Waals surface area (Å²) in [4.78, 5) is 6.88. The second kappa shape index (κ2) is 6.73. The van der Waals surface area contributed by atoms with Crippen LogP contribution in [0.25, 0.3) is 10.9 Å². The topological polar surface area (TPSA) is 21.1 Å². The molecule has 3 heterocycles. The van der Waals surface area contributed by atoms with Crippen molar-refractivity contribution in [3.63, 3.8) is 0 Å². The number of para-hydroxylation sites is 1. The van der Waals surface area contributed by atoms with Gasteiger partial charge in [0, 0.05) is 61.0 Å². The quantitative estimate of drug-likeness (QED) is 0.731. The standard InChI is InChI=1S/C19H21N3.ClH/c1-21-12-10-19-17(14-21)16-7-2-3-8-18(16)22(19)13-9-15-6-4-5-11-20-15;/h2-8,11H,9-10,12-14H2,1H3;1H. The minimum atomic E-state index is 0. The summed E-state index contributed by atoms with van der Waals surface area (Å²) in [6.45, 7) is 3.22. The number of hydrogen-bond donors (Lipinski definition) is 0. The van der Waals surface area contributed by atoms with Gasteiger partial charge in [0.25, 0.3) is 0 Å². The molecular weight excluding hydrogens is 306 g/mol. The predicted molar refractivity (Wildman–Crippen MR) is 97.2 cm³/mol. The molecule has 3 aromatic rings. The zero-order valence-corrected chi connectivity index (χ0v) is 14.2. The Hall–Kier alpha value is -1.84. The van der Waals surface area contributed by atoms with Crippen LogP contribution in [0.3, 0.4) is 0 Å². The van der Waals surface area contributed by atoms with Gasteiger partial charge in [0.05, 0.1) is 0 Å². The summed E-state index contributed by atoms with van der Waals surface area (Å²) < 4.78 is 2.52. The molecule has 0 bridgehead atoms. The number of rotatable bonds is 3. The number of halogens is 1. The van der Waals surface area contributed by atoms with Crippen LogP contribution in [0.15, 0.2) is 48.7 Å². The molecule has 1 aromatic carbocycles. The highest BCUT2D eigenvalue weighted by Crippen LogP contribution is 2.30. The van der Waals surface area contributed by atoms with Crippen molar-refractivity contribution in [1.82, 2.24) is 14.5 Å².